The van der Waals surface area contributed by atoms with E-state index in [1.807, 2.05) is 41.6 Å². The van der Waals surface area contributed by atoms with Crippen molar-refractivity contribution in [1.82, 2.24) is 24.6 Å². The minimum atomic E-state index is -0.0832. The van der Waals surface area contributed by atoms with Crippen LogP contribution in [0.1, 0.15) is 39.9 Å². The minimum absolute atomic E-state index is 0.0830. The molecule has 5 heterocycles. The number of aryl methyl sites for hydroxylation is 2. The lowest BCUT2D eigenvalue weighted by atomic mass is 10.1. The van der Waals surface area contributed by atoms with Gasteiger partial charge in [-0.25, -0.2) is 4.98 Å². The fourth-order valence-electron chi connectivity index (χ4n) is 4.45. The lowest BCUT2D eigenvalue weighted by molar-refractivity contribution is -0.117. The molecule has 1 saturated heterocycles. The highest BCUT2D eigenvalue weighted by Gasteiger charge is 2.31. The van der Waals surface area contributed by atoms with Crippen molar-refractivity contribution in [2.45, 2.75) is 32.9 Å². The van der Waals surface area contributed by atoms with E-state index >= 15 is 0 Å². The van der Waals surface area contributed by atoms with Crippen molar-refractivity contribution < 1.29 is 9.59 Å². The Morgan fingerprint density at radius 1 is 1.22 bits per heavy atom. The average Bonchev–Trinajstić information content (AvgIpc) is 3.41. The summed E-state index contributed by atoms with van der Waals surface area (Å²) in [6.45, 7) is 5.78. The van der Waals surface area contributed by atoms with Crippen LogP contribution in [0.3, 0.4) is 0 Å². The zero-order chi connectivity index (χ0) is 22.2. The summed E-state index contributed by atoms with van der Waals surface area (Å²) in [6, 6.07) is 9.58. The quantitative estimate of drug-likeness (QED) is 0.681. The van der Waals surface area contributed by atoms with Gasteiger partial charge in [0, 0.05) is 31.2 Å². The van der Waals surface area contributed by atoms with Crippen LogP contribution < -0.4 is 10.2 Å². The van der Waals surface area contributed by atoms with Gasteiger partial charge in [-0.2, -0.15) is 5.10 Å². The summed E-state index contributed by atoms with van der Waals surface area (Å²) in [5, 5.41) is 7.62. The average molecular weight is 432 g/mol. The first kappa shape index (κ1) is 20.2. The molecule has 5 rings (SSSR count). The van der Waals surface area contributed by atoms with Crippen molar-refractivity contribution in [2.75, 3.05) is 29.9 Å². The van der Waals surface area contributed by atoms with Crippen LogP contribution in [-0.4, -0.2) is 56.1 Å². The molecule has 0 bridgehead atoms. The van der Waals surface area contributed by atoms with E-state index in [-0.39, 0.29) is 24.4 Å². The SMILES string of the molecule is Cc1cc(C)n(C2CCN(C(=O)c3cnc4c(c3)N(Cc3ccccn3)C(=O)CN4)C2)n1. The van der Waals surface area contributed by atoms with Crippen LogP contribution in [0.15, 0.2) is 42.7 Å². The van der Waals surface area contributed by atoms with E-state index in [9.17, 15) is 9.59 Å². The highest BCUT2D eigenvalue weighted by molar-refractivity contribution is 6.04. The number of nitrogens with zero attached hydrogens (tertiary/aromatic N) is 6. The van der Waals surface area contributed by atoms with Crippen LogP contribution in [0.4, 0.5) is 11.5 Å². The fourth-order valence-corrected chi connectivity index (χ4v) is 4.45. The zero-order valence-corrected chi connectivity index (χ0v) is 18.2. The number of hydrogen-bond acceptors (Lipinski definition) is 6. The molecule has 164 valence electrons. The number of likely N-dealkylation sites (tertiary alicyclic amines) is 1. The molecule has 32 heavy (non-hydrogen) atoms. The molecule has 0 saturated carbocycles. The molecule has 0 radical (unpaired) electrons. The van der Waals surface area contributed by atoms with Crippen molar-refractivity contribution >= 4 is 23.3 Å². The maximum Gasteiger partial charge on any atom is 0.255 e. The molecule has 2 aliphatic rings. The van der Waals surface area contributed by atoms with Gasteiger partial charge < -0.3 is 15.1 Å². The Bertz CT molecular complexity index is 1170. The van der Waals surface area contributed by atoms with Crippen LogP contribution in [0.5, 0.6) is 0 Å². The number of fused-ring (bicyclic) bond motifs is 1. The highest BCUT2D eigenvalue weighted by Crippen LogP contribution is 2.31. The van der Waals surface area contributed by atoms with E-state index in [0.29, 0.717) is 36.7 Å². The largest absolute Gasteiger partial charge is 0.359 e. The topological polar surface area (TPSA) is 96.3 Å². The van der Waals surface area contributed by atoms with E-state index in [4.69, 9.17) is 0 Å². The molecular weight excluding hydrogens is 406 g/mol. The van der Waals surface area contributed by atoms with E-state index in [0.717, 1.165) is 23.5 Å². The predicted octanol–water partition coefficient (Wildman–Crippen LogP) is 2.34. The first-order chi connectivity index (χ1) is 15.5. The van der Waals surface area contributed by atoms with E-state index in [1.54, 1.807) is 23.4 Å². The standard InChI is InChI=1S/C23H25N7O2/c1-15-9-16(2)30(27-15)19-6-8-28(14-19)23(32)17-10-20-22(25-11-17)26-12-21(31)29(20)13-18-5-3-4-7-24-18/h3-5,7,9-11,19H,6,8,12-14H2,1-2H3,(H,25,26). The summed E-state index contributed by atoms with van der Waals surface area (Å²) in [4.78, 5) is 38.2. The number of anilines is 2. The molecule has 1 unspecified atom stereocenters. The summed E-state index contributed by atoms with van der Waals surface area (Å²) in [6.07, 6.45) is 4.14. The molecule has 2 amide bonds. The molecular formula is C23H25N7O2. The summed E-state index contributed by atoms with van der Waals surface area (Å²) < 4.78 is 2.02. The number of rotatable bonds is 4. The maximum atomic E-state index is 13.3. The van der Waals surface area contributed by atoms with E-state index in [1.165, 1.54) is 0 Å². The van der Waals surface area contributed by atoms with Crippen LogP contribution >= 0.6 is 0 Å². The second-order valence-electron chi connectivity index (χ2n) is 8.31. The van der Waals surface area contributed by atoms with Gasteiger partial charge in [0.05, 0.1) is 41.8 Å². The molecule has 2 aliphatic heterocycles. The second kappa shape index (κ2) is 8.07. The normalized spacial score (nSPS) is 17.9. The molecule has 1 atom stereocenters. The van der Waals surface area contributed by atoms with Gasteiger partial charge >= 0.3 is 0 Å². The third kappa shape index (κ3) is 3.70. The van der Waals surface area contributed by atoms with Gasteiger partial charge in [-0.3, -0.25) is 19.3 Å². The molecule has 1 fully saturated rings. The zero-order valence-electron chi connectivity index (χ0n) is 18.2. The molecule has 3 aromatic heterocycles. The molecule has 9 nitrogen and oxygen atoms in total. The first-order valence-corrected chi connectivity index (χ1v) is 10.8. The van der Waals surface area contributed by atoms with Gasteiger partial charge in [0.2, 0.25) is 5.91 Å². The fraction of sp³-hybridized carbons (Fsp3) is 0.348. The highest BCUT2D eigenvalue weighted by atomic mass is 16.2. The van der Waals surface area contributed by atoms with Crippen LogP contribution in [0.25, 0.3) is 0 Å². The number of carbonyl (C=O) groups is 2. The van der Waals surface area contributed by atoms with Gasteiger partial charge in [-0.15, -0.1) is 0 Å². The van der Waals surface area contributed by atoms with Crippen molar-refractivity contribution in [3.05, 3.63) is 65.4 Å². The van der Waals surface area contributed by atoms with Crippen molar-refractivity contribution in [2.24, 2.45) is 0 Å². The van der Waals surface area contributed by atoms with Gasteiger partial charge in [0.15, 0.2) is 5.82 Å². The number of nitrogens with one attached hydrogen (secondary N) is 1. The number of hydrogen-bond donors (Lipinski definition) is 1. The van der Waals surface area contributed by atoms with Gasteiger partial charge in [0.1, 0.15) is 0 Å². The van der Waals surface area contributed by atoms with E-state index in [2.05, 4.69) is 26.4 Å². The molecule has 1 N–H and O–H groups in total. The summed E-state index contributed by atoms with van der Waals surface area (Å²) in [5.74, 6) is 0.430. The monoisotopic (exact) mass is 431 g/mol. The van der Waals surface area contributed by atoms with Crippen molar-refractivity contribution in [3.8, 4) is 0 Å². The molecule has 3 aromatic rings. The Labute approximate surface area is 186 Å². The third-order valence-electron chi connectivity index (χ3n) is 6.00. The lowest BCUT2D eigenvalue weighted by Crippen LogP contribution is -2.40. The molecule has 0 aliphatic carbocycles. The van der Waals surface area contributed by atoms with Crippen molar-refractivity contribution in [3.63, 3.8) is 0 Å². The Morgan fingerprint density at radius 3 is 2.84 bits per heavy atom. The third-order valence-corrected chi connectivity index (χ3v) is 6.00. The van der Waals surface area contributed by atoms with Crippen molar-refractivity contribution in [1.29, 1.82) is 0 Å². The summed E-state index contributed by atoms with van der Waals surface area (Å²) in [7, 11) is 0. The van der Waals surface area contributed by atoms with Gasteiger partial charge in [-0.1, -0.05) is 6.07 Å². The Morgan fingerprint density at radius 2 is 2.09 bits per heavy atom. The summed E-state index contributed by atoms with van der Waals surface area (Å²) >= 11 is 0. The van der Waals surface area contributed by atoms with Gasteiger partial charge in [-0.05, 0) is 44.5 Å². The maximum absolute atomic E-state index is 13.3. The van der Waals surface area contributed by atoms with Crippen LogP contribution in [-0.2, 0) is 11.3 Å². The van der Waals surface area contributed by atoms with Crippen LogP contribution in [0.2, 0.25) is 0 Å². The van der Waals surface area contributed by atoms with Crippen LogP contribution in [0, 0.1) is 13.8 Å². The number of carbonyl (C=O) groups excluding carboxylic acids is 2. The molecule has 0 aromatic carbocycles. The Balaban J connectivity index is 1.38. The second-order valence-corrected chi connectivity index (χ2v) is 8.31. The number of pyridine rings is 2. The smallest absolute Gasteiger partial charge is 0.255 e. The number of amides is 2. The van der Waals surface area contributed by atoms with E-state index < -0.39 is 0 Å². The first-order valence-electron chi connectivity index (χ1n) is 10.8. The summed E-state index contributed by atoms with van der Waals surface area (Å²) in [5.41, 5.74) is 3.94. The molecule has 9 heteroatoms. The minimum Gasteiger partial charge on any atom is -0.359 e. The molecule has 0 spiro atoms. The Hall–Kier alpha value is -3.75. The number of aromatic nitrogens is 4. The Kier molecular flexibility index (Phi) is 5.08. The van der Waals surface area contributed by atoms with Gasteiger partial charge in [0.25, 0.3) is 5.91 Å². The predicted molar refractivity (Wildman–Crippen MR) is 119 cm³/mol. The lowest BCUT2D eigenvalue weighted by Gasteiger charge is -2.29.